The van der Waals surface area contributed by atoms with Crippen LogP contribution >= 0.6 is 0 Å². The van der Waals surface area contributed by atoms with Gasteiger partial charge in [-0.1, -0.05) is 29.8 Å². The first kappa shape index (κ1) is 17.9. The van der Waals surface area contributed by atoms with Gasteiger partial charge >= 0.3 is 5.97 Å². The zero-order valence-corrected chi connectivity index (χ0v) is 14.8. The number of aryl methyl sites for hydroxylation is 1. The molecule has 1 aliphatic carbocycles. The Morgan fingerprint density at radius 1 is 1.16 bits per heavy atom. The molecule has 1 saturated carbocycles. The van der Waals surface area contributed by atoms with Crippen LogP contribution in [0.15, 0.2) is 24.3 Å². The maximum atomic E-state index is 12.9. The lowest BCUT2D eigenvalue weighted by Crippen LogP contribution is -2.48. The minimum atomic E-state index is -0.847. The van der Waals surface area contributed by atoms with Crippen LogP contribution in [0.25, 0.3) is 0 Å². The van der Waals surface area contributed by atoms with Crippen LogP contribution in [0.5, 0.6) is 0 Å². The van der Waals surface area contributed by atoms with Crippen molar-refractivity contribution in [2.45, 2.75) is 45.1 Å². The molecule has 1 aromatic rings. The Morgan fingerprint density at radius 3 is 2.44 bits per heavy atom. The van der Waals surface area contributed by atoms with Crippen molar-refractivity contribution in [2.75, 3.05) is 19.7 Å². The van der Waals surface area contributed by atoms with Crippen LogP contribution in [-0.2, 0) is 20.7 Å². The molecule has 1 N–H and O–H groups in total. The van der Waals surface area contributed by atoms with E-state index in [9.17, 15) is 14.7 Å². The van der Waals surface area contributed by atoms with Gasteiger partial charge in [0, 0.05) is 19.7 Å². The van der Waals surface area contributed by atoms with Crippen LogP contribution in [0.1, 0.15) is 36.8 Å². The van der Waals surface area contributed by atoms with Gasteiger partial charge in [0.1, 0.15) is 0 Å². The second-order valence-corrected chi connectivity index (χ2v) is 7.28. The van der Waals surface area contributed by atoms with Gasteiger partial charge < -0.3 is 14.7 Å². The van der Waals surface area contributed by atoms with E-state index in [0.717, 1.165) is 25.9 Å². The number of carbonyl (C=O) groups excluding carboxylic acids is 1. The van der Waals surface area contributed by atoms with Gasteiger partial charge in [-0.05, 0) is 44.6 Å². The number of carbonyl (C=O) groups is 2. The molecule has 1 aliphatic heterocycles. The van der Waals surface area contributed by atoms with Crippen molar-refractivity contribution in [1.29, 1.82) is 0 Å². The number of nitrogens with zero attached hydrogens (tertiary/aromatic N) is 1. The van der Waals surface area contributed by atoms with Gasteiger partial charge in [-0.15, -0.1) is 0 Å². The molecular weight excluding hydrogens is 318 g/mol. The minimum Gasteiger partial charge on any atom is -0.481 e. The first-order valence-corrected chi connectivity index (χ1v) is 9.23. The SMILES string of the molecule is Cc1ccc(CCN(CC2CCCO2)C(=O)C2CCC2C(=O)O)cc1. The summed E-state index contributed by atoms with van der Waals surface area (Å²) in [7, 11) is 0. The maximum absolute atomic E-state index is 12.9. The molecule has 3 rings (SSSR count). The number of amides is 1. The lowest BCUT2D eigenvalue weighted by atomic mass is 9.73. The number of benzene rings is 1. The zero-order chi connectivity index (χ0) is 17.8. The third-order valence-corrected chi connectivity index (χ3v) is 5.46. The Morgan fingerprint density at radius 2 is 1.88 bits per heavy atom. The first-order valence-electron chi connectivity index (χ1n) is 9.23. The molecule has 3 atom stereocenters. The molecule has 1 saturated heterocycles. The van der Waals surface area contributed by atoms with E-state index in [1.54, 1.807) is 0 Å². The Hall–Kier alpha value is -1.88. The third kappa shape index (κ3) is 4.40. The molecule has 1 amide bonds. The summed E-state index contributed by atoms with van der Waals surface area (Å²) in [5, 5.41) is 9.26. The van der Waals surface area contributed by atoms with Gasteiger partial charge in [-0.25, -0.2) is 0 Å². The molecule has 1 aromatic carbocycles. The largest absolute Gasteiger partial charge is 0.481 e. The van der Waals surface area contributed by atoms with Crippen molar-refractivity contribution < 1.29 is 19.4 Å². The lowest BCUT2D eigenvalue weighted by molar-refractivity contribution is -0.157. The minimum absolute atomic E-state index is 0.0127. The van der Waals surface area contributed by atoms with Gasteiger partial charge in [0.25, 0.3) is 0 Å². The lowest BCUT2D eigenvalue weighted by Gasteiger charge is -2.37. The molecule has 25 heavy (non-hydrogen) atoms. The first-order chi connectivity index (χ1) is 12.0. The number of rotatable bonds is 7. The number of hydrogen-bond donors (Lipinski definition) is 1. The van der Waals surface area contributed by atoms with E-state index >= 15 is 0 Å². The normalized spacial score (nSPS) is 25.4. The van der Waals surface area contributed by atoms with E-state index in [1.165, 1.54) is 11.1 Å². The predicted molar refractivity (Wildman–Crippen MR) is 94.3 cm³/mol. The molecule has 5 nitrogen and oxygen atoms in total. The Balaban J connectivity index is 1.64. The molecule has 0 spiro atoms. The molecule has 5 heteroatoms. The Labute approximate surface area is 149 Å². The van der Waals surface area contributed by atoms with Gasteiger partial charge in [0.15, 0.2) is 0 Å². The fraction of sp³-hybridized carbons (Fsp3) is 0.600. The summed E-state index contributed by atoms with van der Waals surface area (Å²) >= 11 is 0. The summed E-state index contributed by atoms with van der Waals surface area (Å²) in [6, 6.07) is 8.34. The predicted octanol–water partition coefficient (Wildman–Crippen LogP) is 2.66. The average molecular weight is 345 g/mol. The topological polar surface area (TPSA) is 66.8 Å². The summed E-state index contributed by atoms with van der Waals surface area (Å²) in [5.74, 6) is -1.74. The fourth-order valence-corrected chi connectivity index (χ4v) is 3.67. The number of ether oxygens (including phenoxy) is 1. The molecule has 2 aliphatic rings. The smallest absolute Gasteiger partial charge is 0.307 e. The van der Waals surface area contributed by atoms with Crippen LogP contribution < -0.4 is 0 Å². The number of aliphatic carboxylic acids is 1. The van der Waals surface area contributed by atoms with Crippen molar-refractivity contribution in [3.63, 3.8) is 0 Å². The van der Waals surface area contributed by atoms with Gasteiger partial charge in [0.05, 0.1) is 17.9 Å². The quantitative estimate of drug-likeness (QED) is 0.825. The molecule has 0 radical (unpaired) electrons. The zero-order valence-electron chi connectivity index (χ0n) is 14.8. The molecule has 0 bridgehead atoms. The van der Waals surface area contributed by atoms with E-state index < -0.39 is 11.9 Å². The second kappa shape index (κ2) is 8.00. The summed E-state index contributed by atoms with van der Waals surface area (Å²) in [6.45, 7) is 4.00. The molecule has 136 valence electrons. The van der Waals surface area contributed by atoms with E-state index in [-0.39, 0.29) is 17.9 Å². The highest BCUT2D eigenvalue weighted by Crippen LogP contribution is 2.36. The maximum Gasteiger partial charge on any atom is 0.307 e. The van der Waals surface area contributed by atoms with E-state index in [1.807, 2.05) is 4.90 Å². The summed E-state index contributed by atoms with van der Waals surface area (Å²) in [4.78, 5) is 26.0. The summed E-state index contributed by atoms with van der Waals surface area (Å²) < 4.78 is 5.70. The van der Waals surface area contributed by atoms with Gasteiger partial charge in [-0.3, -0.25) is 9.59 Å². The fourth-order valence-electron chi connectivity index (χ4n) is 3.67. The third-order valence-electron chi connectivity index (χ3n) is 5.46. The number of carboxylic acid groups (broad SMARTS) is 1. The number of hydrogen-bond acceptors (Lipinski definition) is 3. The highest BCUT2D eigenvalue weighted by molar-refractivity contribution is 5.86. The molecule has 1 heterocycles. The molecular formula is C20H27NO4. The highest BCUT2D eigenvalue weighted by Gasteiger charge is 2.43. The standard InChI is InChI=1S/C20H27NO4/c1-14-4-6-15(7-5-14)10-11-21(13-16-3-2-12-25-16)19(22)17-8-9-18(17)20(23)24/h4-7,16-18H,2-3,8-13H2,1H3,(H,23,24). The summed E-state index contributed by atoms with van der Waals surface area (Å²) in [6.07, 6.45) is 4.17. The molecule has 3 unspecified atom stereocenters. The van der Waals surface area contributed by atoms with E-state index in [4.69, 9.17) is 4.74 Å². The Bertz CT molecular complexity index is 607. The van der Waals surface area contributed by atoms with Crippen LogP contribution in [-0.4, -0.2) is 47.7 Å². The van der Waals surface area contributed by atoms with E-state index in [0.29, 0.717) is 25.9 Å². The molecule has 0 aromatic heterocycles. The monoisotopic (exact) mass is 345 g/mol. The van der Waals surface area contributed by atoms with Crippen LogP contribution in [0.2, 0.25) is 0 Å². The van der Waals surface area contributed by atoms with Gasteiger partial charge in [-0.2, -0.15) is 0 Å². The average Bonchev–Trinajstić information content (AvgIpc) is 3.04. The van der Waals surface area contributed by atoms with E-state index in [2.05, 4.69) is 31.2 Å². The van der Waals surface area contributed by atoms with Gasteiger partial charge in [0.2, 0.25) is 5.91 Å². The second-order valence-electron chi connectivity index (χ2n) is 7.28. The number of carboxylic acids is 1. The highest BCUT2D eigenvalue weighted by atomic mass is 16.5. The van der Waals surface area contributed by atoms with Crippen molar-refractivity contribution in [2.24, 2.45) is 11.8 Å². The summed E-state index contributed by atoms with van der Waals surface area (Å²) in [5.41, 5.74) is 2.41. The van der Waals surface area contributed by atoms with Crippen LogP contribution in [0, 0.1) is 18.8 Å². The Kier molecular flexibility index (Phi) is 5.74. The van der Waals surface area contributed by atoms with Crippen molar-refractivity contribution in [3.05, 3.63) is 35.4 Å². The van der Waals surface area contributed by atoms with Crippen LogP contribution in [0.4, 0.5) is 0 Å². The molecule has 2 fully saturated rings. The van der Waals surface area contributed by atoms with Crippen molar-refractivity contribution >= 4 is 11.9 Å². The van der Waals surface area contributed by atoms with Crippen LogP contribution in [0.3, 0.4) is 0 Å². The van der Waals surface area contributed by atoms with Crippen molar-refractivity contribution in [1.82, 2.24) is 4.90 Å². The van der Waals surface area contributed by atoms with Crippen molar-refractivity contribution in [3.8, 4) is 0 Å².